The molecule has 0 aromatic heterocycles. The molecular formula is C103H88BCl6OOsP4-3. The Bertz CT molecular complexity index is 4660. The number of halogens is 6. The zero-order valence-corrected chi connectivity index (χ0v) is 74.4. The molecule has 16 rings (SSSR count). The van der Waals surface area contributed by atoms with Crippen LogP contribution in [0.25, 0.3) is 0 Å². The van der Waals surface area contributed by atoms with Crippen molar-refractivity contribution in [1.29, 1.82) is 0 Å². The zero-order chi connectivity index (χ0) is 78.4. The van der Waals surface area contributed by atoms with E-state index in [9.17, 15) is 5.11 Å². The summed E-state index contributed by atoms with van der Waals surface area (Å²) in [7, 11) is -5.88. The Kier molecular flexibility index (Phi) is 39.9. The minimum Gasteiger partial charge on any atom is -1.00 e. The van der Waals surface area contributed by atoms with Crippen molar-refractivity contribution >= 4 is 168 Å². The molecule has 0 fully saturated rings. The molecule has 0 aliphatic carbocycles. The summed E-state index contributed by atoms with van der Waals surface area (Å²) in [5, 5.41) is 28.3. The monoisotopic (exact) mass is 1880 g/mol. The minimum atomic E-state index is -2.62. The SMILES string of the molecule is ClCCl.ClCCl.[CH-]=C([C@@H](O)[C-]=C[P+](c1ccccc1)(c1ccccc1)c1ccccc1)[P+](c1ccccc1)(c1ccccc1)c1ccccc1.[Cl-].[Cl-].[Os].c1ccc(P(c2ccccc2)c2ccccc2)cc1.c1ccc(P(c2ccccc2)c2ccccc2)cc1.c1ccc([B-](c2ccccc2)(c2ccccc2)c2ccccc2)cc1. The molecule has 582 valence electrons. The van der Waals surface area contributed by atoms with Crippen LogP contribution >= 0.6 is 76.8 Å². The van der Waals surface area contributed by atoms with Gasteiger partial charge in [-0.05, 0) is 127 Å². The molecule has 0 unspecified atom stereocenters. The van der Waals surface area contributed by atoms with Crippen molar-refractivity contribution in [3.05, 3.63) is 509 Å². The van der Waals surface area contributed by atoms with Gasteiger partial charge in [0.25, 0.3) is 0 Å². The molecule has 1 N–H and O–H groups in total. The normalized spacial score (nSPS) is 11.0. The maximum Gasteiger partial charge on any atom is 0.108 e. The fourth-order valence-electron chi connectivity index (χ4n) is 14.4. The van der Waals surface area contributed by atoms with Crippen molar-refractivity contribution in [2.45, 2.75) is 6.10 Å². The number of benzene rings is 16. The van der Waals surface area contributed by atoms with Gasteiger partial charge in [-0.25, -0.2) is 0 Å². The number of aliphatic hydroxyl groups is 1. The molecule has 0 amide bonds. The summed E-state index contributed by atoms with van der Waals surface area (Å²) in [6.45, 7) is 7.28. The summed E-state index contributed by atoms with van der Waals surface area (Å²) < 4.78 is 0. The average molecular weight is 1880 g/mol. The van der Waals surface area contributed by atoms with Crippen LogP contribution in [-0.2, 0) is 19.8 Å². The zero-order valence-electron chi connectivity index (χ0n) is 63.8. The number of hydrogen-bond acceptors (Lipinski definition) is 1. The van der Waals surface area contributed by atoms with E-state index >= 15 is 0 Å². The van der Waals surface area contributed by atoms with Gasteiger partial charge in [0.15, 0.2) is 0 Å². The van der Waals surface area contributed by atoms with Crippen LogP contribution in [0.15, 0.2) is 496 Å². The first-order valence-electron chi connectivity index (χ1n) is 37.4. The first kappa shape index (κ1) is 92.6. The van der Waals surface area contributed by atoms with E-state index in [2.05, 4.69) is 424 Å². The molecular weight excluding hydrogens is 1790 g/mol. The average Bonchev–Trinajstić information content (AvgIpc) is 0.743. The van der Waals surface area contributed by atoms with E-state index < -0.39 is 42.6 Å². The fraction of sp³-hybridized carbons (Fsp3) is 0.0291. The van der Waals surface area contributed by atoms with Crippen LogP contribution in [-0.4, -0.2) is 28.0 Å². The predicted molar refractivity (Wildman–Crippen MR) is 505 cm³/mol. The molecule has 116 heavy (non-hydrogen) atoms. The molecule has 0 heterocycles. The van der Waals surface area contributed by atoms with E-state index in [1.54, 1.807) is 0 Å². The van der Waals surface area contributed by atoms with Gasteiger partial charge in [0.2, 0.25) is 0 Å². The van der Waals surface area contributed by atoms with Gasteiger partial charge in [0, 0.05) is 19.8 Å². The third-order valence-corrected chi connectivity index (χ3v) is 32.3. The van der Waals surface area contributed by atoms with Crippen molar-refractivity contribution in [3.8, 4) is 0 Å². The third kappa shape index (κ3) is 23.7. The summed E-state index contributed by atoms with van der Waals surface area (Å²) in [5.74, 6) is 2.13. The molecule has 0 saturated carbocycles. The Hall–Kier alpha value is -8.88. The minimum absolute atomic E-state index is 0. The largest absolute Gasteiger partial charge is 1.00 e. The van der Waals surface area contributed by atoms with E-state index in [0.29, 0.717) is 5.31 Å². The molecule has 13 heteroatoms. The molecule has 1 nitrogen and oxygen atoms in total. The summed E-state index contributed by atoms with van der Waals surface area (Å²) in [5.41, 5.74) is 5.36. The van der Waals surface area contributed by atoms with E-state index in [0.717, 1.165) is 15.9 Å². The van der Waals surface area contributed by atoms with E-state index in [1.807, 2.05) is 72.8 Å². The Morgan fingerprint density at radius 1 is 0.276 bits per heavy atom. The second-order valence-corrected chi connectivity index (χ2v) is 38.6. The summed E-state index contributed by atoms with van der Waals surface area (Å²) >= 11 is 19.1. The number of alkyl halides is 4. The van der Waals surface area contributed by atoms with Crippen molar-refractivity contribution in [2.75, 3.05) is 10.7 Å². The first-order chi connectivity index (χ1) is 55.8. The maximum absolute atomic E-state index is 12.2. The van der Waals surface area contributed by atoms with Gasteiger partial charge in [0.1, 0.15) is 52.5 Å². The van der Waals surface area contributed by atoms with Crippen LogP contribution < -0.4 is 110 Å². The van der Waals surface area contributed by atoms with Gasteiger partial charge in [-0.15, -0.1) is 52.2 Å². The standard InChI is InChI=1S/C41H34OP2.C24H20B.2C18H15P.2CH2Cl2.2ClH.Os/c1-34(44(38-26-14-5-15-27-38,39-28-16-6-17-29-39)40-30-18-7-19-31-40)41(42)32-33-43(35-20-8-2-9-21-35,36-22-10-3-11-23-36)37-24-12-4-13-25-37;1-5-13-21(14-6-1)25(22-15-7-2-8-16-22,23-17-9-3-10-18-23)24-19-11-4-12-20-24;2*1-4-10-16(11-5-1)19(17-12-6-2-7-13-17)18-14-8-3-9-15-18;2*2-1-3;;;/h1-31,33,41-42H;1-20H;2*1-15H;2*1H2;2*1H;/q;-1;;;;;;;/p-2/t41-;;;;;;;;/m0......../s1. The van der Waals surface area contributed by atoms with Crippen molar-refractivity contribution in [3.63, 3.8) is 0 Å². The fourth-order valence-corrected chi connectivity index (χ4v) is 26.8. The molecule has 0 radical (unpaired) electrons. The van der Waals surface area contributed by atoms with Gasteiger partial charge in [-0.3, -0.25) is 0 Å². The molecule has 0 bridgehead atoms. The molecule has 16 aromatic carbocycles. The summed E-state index contributed by atoms with van der Waals surface area (Å²) in [6.07, 6.45) is 1.14. The van der Waals surface area contributed by atoms with Crippen LogP contribution in [0.3, 0.4) is 0 Å². The van der Waals surface area contributed by atoms with Crippen molar-refractivity contribution < 1.29 is 49.7 Å². The molecule has 1 atom stereocenters. The third-order valence-electron chi connectivity index (χ3n) is 19.3. The number of rotatable bonds is 20. The molecule has 0 spiro atoms. The van der Waals surface area contributed by atoms with Gasteiger partial charge in [-0.1, -0.05) is 418 Å². The maximum atomic E-state index is 12.2. The van der Waals surface area contributed by atoms with Crippen molar-refractivity contribution in [2.24, 2.45) is 0 Å². The Morgan fingerprint density at radius 2 is 0.422 bits per heavy atom. The van der Waals surface area contributed by atoms with Gasteiger partial charge in [0.05, 0.1) is 10.7 Å². The first-order valence-corrected chi connectivity index (χ1v) is 45.8. The van der Waals surface area contributed by atoms with E-state index in [-0.39, 0.29) is 55.3 Å². The Labute approximate surface area is 737 Å². The number of hydrogen-bond donors (Lipinski definition) is 1. The second kappa shape index (κ2) is 50.0. The molecule has 0 aliphatic rings. The molecule has 16 aromatic rings. The topological polar surface area (TPSA) is 20.2 Å². The smallest absolute Gasteiger partial charge is 0.108 e. The van der Waals surface area contributed by atoms with E-state index in [4.69, 9.17) is 53.0 Å². The van der Waals surface area contributed by atoms with Gasteiger partial charge >= 0.3 is 0 Å². The predicted octanol–water partition coefficient (Wildman–Crippen LogP) is 13.8. The van der Waals surface area contributed by atoms with E-state index in [1.165, 1.54) is 69.6 Å². The van der Waals surface area contributed by atoms with Crippen molar-refractivity contribution in [1.82, 2.24) is 0 Å². The second-order valence-electron chi connectivity index (χ2n) is 25.9. The van der Waals surface area contributed by atoms with Crippen LogP contribution in [0.5, 0.6) is 0 Å². The Morgan fingerprint density at radius 3 is 0.595 bits per heavy atom. The molecule has 0 saturated heterocycles. The summed E-state index contributed by atoms with van der Waals surface area (Å²) in [6, 6.07) is 171. The quantitative estimate of drug-likeness (QED) is 0.0349. The Balaban J connectivity index is 0.000000199. The van der Waals surface area contributed by atoms with Crippen LogP contribution in [0.4, 0.5) is 0 Å². The van der Waals surface area contributed by atoms with Crippen LogP contribution in [0.1, 0.15) is 0 Å². The summed E-state index contributed by atoms with van der Waals surface area (Å²) in [4.78, 5) is 0. The van der Waals surface area contributed by atoms with Gasteiger partial charge in [-0.2, -0.15) is 21.9 Å². The van der Waals surface area contributed by atoms with Gasteiger partial charge < -0.3 is 42.6 Å². The molecule has 0 aliphatic heterocycles. The van der Waals surface area contributed by atoms with Crippen LogP contribution in [0, 0.1) is 12.7 Å². The van der Waals surface area contributed by atoms with Crippen LogP contribution in [0.2, 0.25) is 0 Å². The number of aliphatic hydroxyl groups excluding tert-OH is 1.